The molecule has 0 radical (unpaired) electrons. The van der Waals surface area contributed by atoms with E-state index in [1.807, 2.05) is 35.2 Å². The van der Waals surface area contributed by atoms with Gasteiger partial charge in [-0.2, -0.15) is 0 Å². The normalized spacial score (nSPS) is 17.7. The van der Waals surface area contributed by atoms with Crippen LogP contribution in [-0.4, -0.2) is 30.4 Å². The molecule has 2 aromatic carbocycles. The maximum absolute atomic E-state index is 12.5. The van der Waals surface area contributed by atoms with E-state index in [1.54, 1.807) is 0 Å². The van der Waals surface area contributed by atoms with Crippen molar-refractivity contribution in [1.29, 1.82) is 0 Å². The third-order valence-corrected chi connectivity index (χ3v) is 5.22. The average molecular weight is 369 g/mol. The van der Waals surface area contributed by atoms with Gasteiger partial charge in [0.25, 0.3) is 0 Å². The minimum Gasteiger partial charge on any atom is -0.299 e. The van der Waals surface area contributed by atoms with Crippen LogP contribution >= 0.6 is 12.4 Å². The molecule has 0 unspecified atom stereocenters. The number of benzene rings is 2. The van der Waals surface area contributed by atoms with E-state index in [2.05, 4.69) is 35.2 Å². The molecule has 1 amide bonds. The Morgan fingerprint density at radius 1 is 0.846 bits per heavy atom. The molecule has 0 N–H and O–H groups in total. The van der Waals surface area contributed by atoms with Crippen molar-refractivity contribution in [1.82, 2.24) is 4.90 Å². The zero-order valence-electron chi connectivity index (χ0n) is 14.9. The minimum atomic E-state index is 0. The minimum absolute atomic E-state index is 0. The van der Waals surface area contributed by atoms with Gasteiger partial charge in [0.1, 0.15) is 0 Å². The van der Waals surface area contributed by atoms with Gasteiger partial charge in [-0.25, -0.2) is 0 Å². The summed E-state index contributed by atoms with van der Waals surface area (Å²) < 4.78 is 0. The first-order chi connectivity index (χ1) is 12.3. The zero-order chi connectivity index (χ0) is 17.1. The molecular weight excluding hydrogens is 344 g/mol. The number of carbonyl (C=O) groups is 1. The number of anilines is 1. The molecule has 0 atom stereocenters. The van der Waals surface area contributed by atoms with E-state index in [-0.39, 0.29) is 18.3 Å². The summed E-state index contributed by atoms with van der Waals surface area (Å²) in [5, 5.41) is 0. The largest absolute Gasteiger partial charge is 0.299 e. The quantitative estimate of drug-likeness (QED) is 0.796. The van der Waals surface area contributed by atoms with Gasteiger partial charge in [0.2, 0.25) is 5.91 Å². The lowest BCUT2D eigenvalue weighted by atomic mass is 9.95. The van der Waals surface area contributed by atoms with Gasteiger partial charge in [-0.1, -0.05) is 48.5 Å². The van der Waals surface area contributed by atoms with Crippen molar-refractivity contribution in [3.63, 3.8) is 0 Å². The standard InChI is InChI=1S/C22H24N2O.ClH/c25-22-12-11-19-17-23(15-13-18-7-3-1-4-8-18)16-14-21(19)24(22)20-9-5-2-6-10-20;/h1-10H,11-17H2;1H. The summed E-state index contributed by atoms with van der Waals surface area (Å²) in [6, 6.07) is 20.8. The van der Waals surface area contributed by atoms with Crippen LogP contribution in [0.5, 0.6) is 0 Å². The molecule has 3 nitrogen and oxygen atoms in total. The predicted octanol–water partition coefficient (Wildman–Crippen LogP) is 4.44. The zero-order valence-corrected chi connectivity index (χ0v) is 15.8. The highest BCUT2D eigenvalue weighted by Gasteiger charge is 2.31. The second kappa shape index (κ2) is 8.52. The van der Waals surface area contributed by atoms with Gasteiger partial charge in [-0.05, 0) is 36.1 Å². The van der Waals surface area contributed by atoms with E-state index in [4.69, 9.17) is 0 Å². The fourth-order valence-electron chi connectivity index (χ4n) is 3.89. The van der Waals surface area contributed by atoms with E-state index < -0.39 is 0 Å². The van der Waals surface area contributed by atoms with Gasteiger partial charge in [-0.3, -0.25) is 14.6 Å². The Morgan fingerprint density at radius 2 is 1.54 bits per heavy atom. The summed E-state index contributed by atoms with van der Waals surface area (Å²) in [4.78, 5) is 17.0. The molecule has 0 saturated heterocycles. The van der Waals surface area contributed by atoms with Crippen LogP contribution in [0.2, 0.25) is 0 Å². The molecule has 4 heteroatoms. The van der Waals surface area contributed by atoms with Crippen molar-refractivity contribution in [2.75, 3.05) is 24.5 Å². The first kappa shape index (κ1) is 18.7. The van der Waals surface area contributed by atoms with Crippen molar-refractivity contribution in [3.8, 4) is 0 Å². The van der Waals surface area contributed by atoms with Gasteiger partial charge < -0.3 is 0 Å². The van der Waals surface area contributed by atoms with Crippen molar-refractivity contribution < 1.29 is 4.79 Å². The monoisotopic (exact) mass is 368 g/mol. The van der Waals surface area contributed by atoms with Gasteiger partial charge in [0.05, 0.1) is 0 Å². The van der Waals surface area contributed by atoms with E-state index in [0.29, 0.717) is 6.42 Å². The van der Waals surface area contributed by atoms with Gasteiger partial charge >= 0.3 is 0 Å². The van der Waals surface area contributed by atoms with Crippen LogP contribution in [0.3, 0.4) is 0 Å². The molecule has 26 heavy (non-hydrogen) atoms. The van der Waals surface area contributed by atoms with E-state index in [9.17, 15) is 4.79 Å². The first-order valence-electron chi connectivity index (χ1n) is 9.16. The summed E-state index contributed by atoms with van der Waals surface area (Å²) in [7, 11) is 0. The summed E-state index contributed by atoms with van der Waals surface area (Å²) in [6.45, 7) is 3.11. The van der Waals surface area contributed by atoms with Crippen LogP contribution in [0.4, 0.5) is 5.69 Å². The Morgan fingerprint density at radius 3 is 2.27 bits per heavy atom. The molecule has 2 aliphatic heterocycles. The second-order valence-corrected chi connectivity index (χ2v) is 6.88. The maximum Gasteiger partial charge on any atom is 0.231 e. The highest BCUT2D eigenvalue weighted by molar-refractivity contribution is 5.98. The van der Waals surface area contributed by atoms with E-state index >= 15 is 0 Å². The van der Waals surface area contributed by atoms with Crippen LogP contribution < -0.4 is 4.90 Å². The Kier molecular flexibility index (Phi) is 6.12. The van der Waals surface area contributed by atoms with Gasteiger partial charge in [0.15, 0.2) is 0 Å². The van der Waals surface area contributed by atoms with Crippen LogP contribution in [0.1, 0.15) is 24.8 Å². The lowest BCUT2D eigenvalue weighted by Gasteiger charge is -2.39. The molecule has 0 spiro atoms. The number of halogens is 1. The van der Waals surface area contributed by atoms with Crippen molar-refractivity contribution in [2.45, 2.75) is 25.7 Å². The van der Waals surface area contributed by atoms with Crippen LogP contribution in [0.25, 0.3) is 0 Å². The molecule has 4 rings (SSSR count). The summed E-state index contributed by atoms with van der Waals surface area (Å²) in [5.74, 6) is 0.239. The summed E-state index contributed by atoms with van der Waals surface area (Å²) in [5.41, 5.74) is 5.10. The third kappa shape index (κ3) is 4.00. The average Bonchev–Trinajstić information content (AvgIpc) is 2.68. The van der Waals surface area contributed by atoms with Crippen LogP contribution in [-0.2, 0) is 11.2 Å². The molecule has 0 aliphatic carbocycles. The Hall–Kier alpha value is -2.10. The van der Waals surface area contributed by atoms with Crippen molar-refractivity contribution >= 4 is 24.0 Å². The van der Waals surface area contributed by atoms with E-state index in [1.165, 1.54) is 16.8 Å². The SMILES string of the molecule is Cl.O=C1CCC2=C(CCN(CCc3ccccc3)C2)N1c1ccccc1. The lowest BCUT2D eigenvalue weighted by molar-refractivity contribution is -0.118. The van der Waals surface area contributed by atoms with Crippen molar-refractivity contribution in [2.24, 2.45) is 0 Å². The maximum atomic E-state index is 12.5. The number of nitrogens with zero attached hydrogens (tertiary/aromatic N) is 2. The molecular formula is C22H25ClN2O. The van der Waals surface area contributed by atoms with Crippen molar-refractivity contribution in [3.05, 3.63) is 77.5 Å². The van der Waals surface area contributed by atoms with E-state index in [0.717, 1.165) is 44.6 Å². The molecule has 2 aromatic rings. The van der Waals surface area contributed by atoms with Crippen LogP contribution in [0, 0.1) is 0 Å². The third-order valence-electron chi connectivity index (χ3n) is 5.22. The fraction of sp³-hybridized carbons (Fsp3) is 0.318. The Balaban J connectivity index is 0.00000196. The summed E-state index contributed by atoms with van der Waals surface area (Å²) >= 11 is 0. The molecule has 0 bridgehead atoms. The highest BCUT2D eigenvalue weighted by Crippen LogP contribution is 2.33. The first-order valence-corrected chi connectivity index (χ1v) is 9.16. The van der Waals surface area contributed by atoms with Gasteiger partial charge in [0, 0.05) is 43.9 Å². The topological polar surface area (TPSA) is 23.6 Å². The second-order valence-electron chi connectivity index (χ2n) is 6.88. The van der Waals surface area contributed by atoms with Gasteiger partial charge in [-0.15, -0.1) is 12.4 Å². The number of hydrogen-bond acceptors (Lipinski definition) is 2. The number of amides is 1. The highest BCUT2D eigenvalue weighted by atomic mass is 35.5. The molecule has 0 saturated carbocycles. The smallest absolute Gasteiger partial charge is 0.231 e. The molecule has 2 heterocycles. The molecule has 2 aliphatic rings. The number of para-hydroxylation sites is 1. The predicted molar refractivity (Wildman–Crippen MR) is 109 cm³/mol. The fourth-order valence-corrected chi connectivity index (χ4v) is 3.89. The number of rotatable bonds is 4. The molecule has 0 fully saturated rings. The Bertz CT molecular complexity index is 773. The molecule has 136 valence electrons. The number of carbonyl (C=O) groups excluding carboxylic acids is 1. The van der Waals surface area contributed by atoms with Crippen LogP contribution in [0.15, 0.2) is 71.9 Å². The Labute approximate surface area is 161 Å². The number of hydrogen-bond donors (Lipinski definition) is 0. The summed E-state index contributed by atoms with van der Waals surface area (Å²) in [6.07, 6.45) is 3.59. The molecule has 0 aromatic heterocycles. The lowest BCUT2D eigenvalue weighted by Crippen LogP contribution is -2.42.